The Balaban J connectivity index is 1.37. The van der Waals surface area contributed by atoms with E-state index in [0.717, 1.165) is 19.3 Å². The molecule has 1 saturated carbocycles. The molecule has 1 aromatic carbocycles. The second-order valence-corrected chi connectivity index (χ2v) is 6.31. The summed E-state index contributed by atoms with van der Waals surface area (Å²) in [5, 5.41) is 2.97. The van der Waals surface area contributed by atoms with Crippen molar-refractivity contribution in [3.8, 4) is 0 Å². The van der Waals surface area contributed by atoms with Crippen LogP contribution in [0.2, 0.25) is 0 Å². The summed E-state index contributed by atoms with van der Waals surface area (Å²) in [6, 6.07) is 10.1. The van der Waals surface area contributed by atoms with Crippen LogP contribution in [0.15, 0.2) is 30.3 Å². The highest BCUT2D eigenvalue weighted by atomic mass is 16.7. The maximum atomic E-state index is 11.9. The van der Waals surface area contributed by atoms with Gasteiger partial charge in [-0.25, -0.2) is 0 Å². The smallest absolute Gasteiger partial charge is 0.220 e. The van der Waals surface area contributed by atoms with Crippen molar-refractivity contribution in [3.63, 3.8) is 0 Å². The van der Waals surface area contributed by atoms with E-state index in [1.807, 2.05) is 30.3 Å². The molecule has 1 aromatic rings. The van der Waals surface area contributed by atoms with Crippen LogP contribution in [0.1, 0.15) is 44.1 Å². The predicted molar refractivity (Wildman–Crippen MR) is 84.4 cm³/mol. The van der Waals surface area contributed by atoms with Gasteiger partial charge in [0.2, 0.25) is 5.91 Å². The number of hydrogen-bond donors (Lipinski definition) is 1. The highest BCUT2D eigenvalue weighted by Crippen LogP contribution is 2.37. The first-order valence-electron chi connectivity index (χ1n) is 8.38. The Labute approximate surface area is 132 Å². The number of aryl methyl sites for hydroxylation is 1. The first kappa shape index (κ1) is 15.5. The summed E-state index contributed by atoms with van der Waals surface area (Å²) in [6.07, 6.45) is 6.90. The van der Waals surface area contributed by atoms with E-state index in [9.17, 15) is 4.79 Å². The number of hydrogen-bond acceptors (Lipinski definition) is 3. The number of benzene rings is 1. The topological polar surface area (TPSA) is 47.6 Å². The van der Waals surface area contributed by atoms with Crippen LogP contribution in [0.4, 0.5) is 0 Å². The Morgan fingerprint density at radius 2 is 1.95 bits per heavy atom. The predicted octanol–water partition coefficient (Wildman–Crippen LogP) is 2.81. The number of amides is 1. The van der Waals surface area contributed by atoms with E-state index in [0.29, 0.717) is 19.6 Å². The van der Waals surface area contributed by atoms with Crippen LogP contribution in [0.5, 0.6) is 0 Å². The second kappa shape index (κ2) is 7.25. The summed E-state index contributed by atoms with van der Waals surface area (Å²) in [6.45, 7) is 1.15. The molecule has 0 radical (unpaired) electrons. The molecule has 4 nitrogen and oxygen atoms in total. The van der Waals surface area contributed by atoms with E-state index < -0.39 is 0 Å². The highest BCUT2D eigenvalue weighted by molar-refractivity contribution is 5.76. The number of carbonyl (C=O) groups is 1. The molecule has 0 aromatic heterocycles. The molecule has 2 aliphatic rings. The van der Waals surface area contributed by atoms with E-state index in [-0.39, 0.29) is 17.8 Å². The van der Waals surface area contributed by atoms with Crippen molar-refractivity contribution < 1.29 is 14.3 Å². The van der Waals surface area contributed by atoms with Crippen LogP contribution in [0, 0.1) is 0 Å². The van der Waals surface area contributed by atoms with E-state index >= 15 is 0 Å². The third-order valence-corrected chi connectivity index (χ3v) is 4.54. The van der Waals surface area contributed by atoms with Gasteiger partial charge in [-0.05, 0) is 24.8 Å². The molecule has 0 unspecified atom stereocenters. The van der Waals surface area contributed by atoms with Crippen molar-refractivity contribution >= 4 is 5.91 Å². The summed E-state index contributed by atoms with van der Waals surface area (Å²) < 4.78 is 11.9. The number of nitrogens with one attached hydrogen (secondary N) is 1. The fraction of sp³-hybridized carbons (Fsp3) is 0.611. The van der Waals surface area contributed by atoms with E-state index in [4.69, 9.17) is 9.47 Å². The molecule has 1 amide bonds. The van der Waals surface area contributed by atoms with Crippen molar-refractivity contribution in [1.29, 1.82) is 0 Å². The van der Waals surface area contributed by atoms with Gasteiger partial charge >= 0.3 is 0 Å². The van der Waals surface area contributed by atoms with Gasteiger partial charge in [0.05, 0.1) is 6.61 Å². The van der Waals surface area contributed by atoms with Gasteiger partial charge in [0, 0.05) is 25.8 Å². The molecule has 3 rings (SSSR count). The SMILES string of the molecule is O=C(CCc1ccccc1)NC[C@H]1COC2(CCCCC2)O1. The molecule has 1 atom stereocenters. The van der Waals surface area contributed by atoms with Crippen LogP contribution >= 0.6 is 0 Å². The number of rotatable bonds is 5. The molecular weight excluding hydrogens is 278 g/mol. The van der Waals surface area contributed by atoms with Gasteiger partial charge in [0.25, 0.3) is 0 Å². The first-order chi connectivity index (χ1) is 10.8. The minimum absolute atomic E-state index is 0.00113. The van der Waals surface area contributed by atoms with Crippen molar-refractivity contribution in [2.24, 2.45) is 0 Å². The van der Waals surface area contributed by atoms with E-state index in [1.165, 1.54) is 24.8 Å². The van der Waals surface area contributed by atoms with Gasteiger partial charge in [0.15, 0.2) is 5.79 Å². The zero-order chi connectivity index (χ0) is 15.3. The molecule has 1 heterocycles. The molecule has 1 aliphatic carbocycles. The van der Waals surface area contributed by atoms with Gasteiger partial charge in [-0.2, -0.15) is 0 Å². The van der Waals surface area contributed by atoms with E-state index in [1.54, 1.807) is 0 Å². The monoisotopic (exact) mass is 303 g/mol. The number of carbonyl (C=O) groups excluding carboxylic acids is 1. The summed E-state index contributed by atoms with van der Waals surface area (Å²) >= 11 is 0. The fourth-order valence-electron chi connectivity index (χ4n) is 3.29. The zero-order valence-electron chi connectivity index (χ0n) is 13.1. The molecule has 1 saturated heterocycles. The van der Waals surface area contributed by atoms with Crippen molar-refractivity contribution in [3.05, 3.63) is 35.9 Å². The first-order valence-corrected chi connectivity index (χ1v) is 8.38. The van der Waals surface area contributed by atoms with Crippen LogP contribution in [-0.4, -0.2) is 30.9 Å². The summed E-state index contributed by atoms with van der Waals surface area (Å²) in [5.41, 5.74) is 1.19. The zero-order valence-corrected chi connectivity index (χ0v) is 13.1. The minimum atomic E-state index is -0.350. The Kier molecular flexibility index (Phi) is 5.11. The molecular formula is C18H25NO3. The Hall–Kier alpha value is -1.39. The Bertz CT molecular complexity index is 482. The summed E-state index contributed by atoms with van der Waals surface area (Å²) in [7, 11) is 0. The molecule has 22 heavy (non-hydrogen) atoms. The fourth-order valence-corrected chi connectivity index (χ4v) is 3.29. The summed E-state index contributed by atoms with van der Waals surface area (Å²) in [4.78, 5) is 11.9. The second-order valence-electron chi connectivity index (χ2n) is 6.31. The van der Waals surface area contributed by atoms with Crippen LogP contribution in [0.3, 0.4) is 0 Å². The standard InChI is InChI=1S/C18H25NO3/c20-17(10-9-15-7-3-1-4-8-15)19-13-16-14-21-18(22-16)11-5-2-6-12-18/h1,3-4,7-8,16H,2,5-6,9-14H2,(H,19,20)/t16-/m0/s1. The Morgan fingerprint density at radius 1 is 1.18 bits per heavy atom. The maximum Gasteiger partial charge on any atom is 0.220 e. The van der Waals surface area contributed by atoms with Gasteiger partial charge < -0.3 is 14.8 Å². The van der Waals surface area contributed by atoms with Crippen LogP contribution < -0.4 is 5.32 Å². The molecule has 1 aliphatic heterocycles. The third-order valence-electron chi connectivity index (χ3n) is 4.54. The normalized spacial score (nSPS) is 23.5. The average Bonchev–Trinajstić information content (AvgIpc) is 2.95. The van der Waals surface area contributed by atoms with E-state index in [2.05, 4.69) is 5.32 Å². The lowest BCUT2D eigenvalue weighted by Crippen LogP contribution is -2.37. The molecule has 4 heteroatoms. The molecule has 2 fully saturated rings. The lowest BCUT2D eigenvalue weighted by Gasteiger charge is -2.31. The molecule has 1 N–H and O–H groups in total. The molecule has 0 bridgehead atoms. The maximum absolute atomic E-state index is 11.9. The molecule has 1 spiro atoms. The third kappa shape index (κ3) is 4.08. The number of ether oxygens (including phenoxy) is 2. The minimum Gasteiger partial charge on any atom is -0.353 e. The van der Waals surface area contributed by atoms with Gasteiger partial charge in [-0.15, -0.1) is 0 Å². The van der Waals surface area contributed by atoms with Gasteiger partial charge in [0.1, 0.15) is 6.10 Å². The van der Waals surface area contributed by atoms with Gasteiger partial charge in [-0.1, -0.05) is 36.8 Å². The van der Waals surface area contributed by atoms with Crippen molar-refractivity contribution in [2.75, 3.05) is 13.2 Å². The van der Waals surface area contributed by atoms with Crippen LogP contribution in [0.25, 0.3) is 0 Å². The Morgan fingerprint density at radius 3 is 2.73 bits per heavy atom. The summed E-state index contributed by atoms with van der Waals surface area (Å²) in [5.74, 6) is -0.269. The molecule has 120 valence electrons. The highest BCUT2D eigenvalue weighted by Gasteiger charge is 2.42. The van der Waals surface area contributed by atoms with Crippen LogP contribution in [-0.2, 0) is 20.7 Å². The van der Waals surface area contributed by atoms with Gasteiger partial charge in [-0.3, -0.25) is 4.79 Å². The lowest BCUT2D eigenvalue weighted by atomic mass is 9.94. The average molecular weight is 303 g/mol. The van der Waals surface area contributed by atoms with Crippen molar-refractivity contribution in [2.45, 2.75) is 56.8 Å². The quantitative estimate of drug-likeness (QED) is 0.910. The largest absolute Gasteiger partial charge is 0.353 e. The lowest BCUT2D eigenvalue weighted by molar-refractivity contribution is -0.186. The van der Waals surface area contributed by atoms with Crippen molar-refractivity contribution in [1.82, 2.24) is 5.32 Å².